The van der Waals surface area contributed by atoms with E-state index in [1.54, 1.807) is 4.90 Å². The van der Waals surface area contributed by atoms with Gasteiger partial charge in [0, 0.05) is 31.1 Å². The molecule has 2 atom stereocenters. The lowest BCUT2D eigenvalue weighted by atomic mass is 9.85. The molecule has 0 saturated carbocycles. The van der Waals surface area contributed by atoms with Gasteiger partial charge in [-0.2, -0.15) is 0 Å². The lowest BCUT2D eigenvalue weighted by molar-refractivity contribution is -0.125. The molecule has 2 aliphatic rings. The van der Waals surface area contributed by atoms with Crippen LogP contribution in [0.5, 0.6) is 0 Å². The second-order valence-electron chi connectivity index (χ2n) is 5.64. The van der Waals surface area contributed by atoms with Crippen molar-refractivity contribution < 1.29 is 18.4 Å². The number of hydrogen-bond donors (Lipinski definition) is 1. The third-order valence-electron chi connectivity index (χ3n) is 4.28. The quantitative estimate of drug-likeness (QED) is 0.857. The van der Waals surface area contributed by atoms with Crippen LogP contribution < -0.4 is 5.32 Å². The first-order valence-electron chi connectivity index (χ1n) is 7.08. The zero-order valence-electron chi connectivity index (χ0n) is 11.4. The molecule has 0 spiro atoms. The molecule has 0 aliphatic carbocycles. The standard InChI is InChI=1S/C15H16F2N2O2/c16-11-3-1-9(7-12(11)17)15(21)19-6-5-13-10(8-19)2-4-14(20)18-13/h1,3,7,10,13H,2,4-6,8H2,(H,18,20). The molecule has 1 aromatic rings. The molecule has 2 unspecified atom stereocenters. The smallest absolute Gasteiger partial charge is 0.253 e. The van der Waals surface area contributed by atoms with E-state index in [1.165, 1.54) is 6.07 Å². The number of fused-ring (bicyclic) bond motifs is 1. The van der Waals surface area contributed by atoms with Crippen molar-refractivity contribution in [2.75, 3.05) is 13.1 Å². The van der Waals surface area contributed by atoms with Gasteiger partial charge in [-0.1, -0.05) is 0 Å². The van der Waals surface area contributed by atoms with Gasteiger partial charge in [-0.25, -0.2) is 8.78 Å². The number of piperidine rings is 2. The van der Waals surface area contributed by atoms with E-state index < -0.39 is 11.6 Å². The Bertz CT molecular complexity index is 591. The first-order chi connectivity index (χ1) is 10.0. The molecule has 2 amide bonds. The number of carbonyl (C=O) groups is 2. The maximum Gasteiger partial charge on any atom is 0.253 e. The van der Waals surface area contributed by atoms with Crippen molar-refractivity contribution in [2.24, 2.45) is 5.92 Å². The van der Waals surface area contributed by atoms with Crippen LogP contribution in [0.3, 0.4) is 0 Å². The van der Waals surface area contributed by atoms with E-state index in [2.05, 4.69) is 5.32 Å². The van der Waals surface area contributed by atoms with Crippen LogP contribution in [0, 0.1) is 17.6 Å². The highest BCUT2D eigenvalue weighted by Gasteiger charge is 2.35. The molecule has 1 N–H and O–H groups in total. The van der Waals surface area contributed by atoms with E-state index in [1.807, 2.05) is 0 Å². The van der Waals surface area contributed by atoms with Crippen LogP contribution >= 0.6 is 0 Å². The number of amides is 2. The Morgan fingerprint density at radius 2 is 2.05 bits per heavy atom. The first-order valence-corrected chi connectivity index (χ1v) is 7.08. The van der Waals surface area contributed by atoms with Gasteiger partial charge in [0.05, 0.1) is 0 Å². The largest absolute Gasteiger partial charge is 0.353 e. The number of hydrogen-bond acceptors (Lipinski definition) is 2. The molecule has 4 nitrogen and oxygen atoms in total. The van der Waals surface area contributed by atoms with Crippen LogP contribution in [0.25, 0.3) is 0 Å². The van der Waals surface area contributed by atoms with Crippen molar-refractivity contribution in [3.8, 4) is 0 Å². The van der Waals surface area contributed by atoms with Crippen LogP contribution in [0.15, 0.2) is 18.2 Å². The summed E-state index contributed by atoms with van der Waals surface area (Å²) < 4.78 is 26.1. The Kier molecular flexibility index (Phi) is 3.61. The maximum absolute atomic E-state index is 13.2. The number of carbonyl (C=O) groups excluding carboxylic acids is 2. The topological polar surface area (TPSA) is 49.4 Å². The van der Waals surface area contributed by atoms with Crippen molar-refractivity contribution in [2.45, 2.75) is 25.3 Å². The molecule has 21 heavy (non-hydrogen) atoms. The Labute approximate surface area is 121 Å². The molecule has 3 rings (SSSR count). The molecule has 2 heterocycles. The summed E-state index contributed by atoms with van der Waals surface area (Å²) in [6.45, 7) is 1.06. The van der Waals surface area contributed by atoms with Gasteiger partial charge in [0.1, 0.15) is 0 Å². The fourth-order valence-corrected chi connectivity index (χ4v) is 3.11. The highest BCUT2D eigenvalue weighted by Crippen LogP contribution is 2.26. The summed E-state index contributed by atoms with van der Waals surface area (Å²) in [4.78, 5) is 25.4. The number of likely N-dealkylation sites (tertiary alicyclic amines) is 1. The number of benzene rings is 1. The second kappa shape index (κ2) is 5.42. The molecule has 112 valence electrons. The summed E-state index contributed by atoms with van der Waals surface area (Å²) in [7, 11) is 0. The fraction of sp³-hybridized carbons (Fsp3) is 0.467. The zero-order valence-corrected chi connectivity index (χ0v) is 11.4. The van der Waals surface area contributed by atoms with Crippen molar-refractivity contribution in [1.82, 2.24) is 10.2 Å². The van der Waals surface area contributed by atoms with Gasteiger partial charge in [0.2, 0.25) is 5.91 Å². The average Bonchev–Trinajstić information content (AvgIpc) is 2.49. The summed E-state index contributed by atoms with van der Waals surface area (Å²) in [5.74, 6) is -1.95. The molecule has 0 aromatic heterocycles. The molecular formula is C15H16F2N2O2. The first kappa shape index (κ1) is 14.0. The van der Waals surface area contributed by atoms with Crippen LogP contribution in [0.2, 0.25) is 0 Å². The van der Waals surface area contributed by atoms with E-state index in [4.69, 9.17) is 0 Å². The second-order valence-corrected chi connectivity index (χ2v) is 5.64. The summed E-state index contributed by atoms with van der Waals surface area (Å²) in [6, 6.07) is 3.33. The summed E-state index contributed by atoms with van der Waals surface area (Å²) in [5.41, 5.74) is 0.159. The van der Waals surface area contributed by atoms with Crippen molar-refractivity contribution >= 4 is 11.8 Å². The molecule has 0 bridgehead atoms. The third kappa shape index (κ3) is 2.75. The molecule has 2 fully saturated rings. The number of rotatable bonds is 1. The molecule has 2 aliphatic heterocycles. The van der Waals surface area contributed by atoms with Crippen molar-refractivity contribution in [3.63, 3.8) is 0 Å². The monoisotopic (exact) mass is 294 g/mol. The number of halogens is 2. The van der Waals surface area contributed by atoms with Crippen LogP contribution in [0.1, 0.15) is 29.6 Å². The molecule has 1 aromatic carbocycles. The lowest BCUT2D eigenvalue weighted by Gasteiger charge is -2.41. The highest BCUT2D eigenvalue weighted by molar-refractivity contribution is 5.94. The van der Waals surface area contributed by atoms with E-state index >= 15 is 0 Å². The van der Waals surface area contributed by atoms with Gasteiger partial charge >= 0.3 is 0 Å². The summed E-state index contributed by atoms with van der Waals surface area (Å²) in [5, 5.41) is 2.95. The van der Waals surface area contributed by atoms with Crippen molar-refractivity contribution in [1.29, 1.82) is 0 Å². The fourth-order valence-electron chi connectivity index (χ4n) is 3.11. The van der Waals surface area contributed by atoms with Gasteiger partial charge in [0.25, 0.3) is 5.91 Å². The van der Waals surface area contributed by atoms with Gasteiger partial charge in [-0.05, 0) is 37.0 Å². The summed E-state index contributed by atoms with van der Waals surface area (Å²) in [6.07, 6.45) is 1.94. The molecule has 2 saturated heterocycles. The third-order valence-corrected chi connectivity index (χ3v) is 4.28. The Morgan fingerprint density at radius 1 is 1.24 bits per heavy atom. The Morgan fingerprint density at radius 3 is 2.81 bits per heavy atom. The SMILES string of the molecule is O=C1CCC2CN(C(=O)c3ccc(F)c(F)c3)CCC2N1. The minimum atomic E-state index is -1.01. The number of nitrogens with one attached hydrogen (secondary N) is 1. The highest BCUT2D eigenvalue weighted by atomic mass is 19.2. The predicted octanol–water partition coefficient (Wildman–Crippen LogP) is 1.71. The van der Waals surface area contributed by atoms with Crippen LogP contribution in [-0.4, -0.2) is 35.8 Å². The van der Waals surface area contributed by atoms with E-state index in [0.29, 0.717) is 25.9 Å². The predicted molar refractivity (Wildman–Crippen MR) is 71.5 cm³/mol. The maximum atomic E-state index is 13.2. The van der Waals surface area contributed by atoms with Crippen molar-refractivity contribution in [3.05, 3.63) is 35.4 Å². The Balaban J connectivity index is 1.71. The normalized spacial score (nSPS) is 25.2. The minimum absolute atomic E-state index is 0.0663. The van der Waals surface area contributed by atoms with Gasteiger partial charge < -0.3 is 10.2 Å². The average molecular weight is 294 g/mol. The molecule has 0 radical (unpaired) electrons. The molecular weight excluding hydrogens is 278 g/mol. The van der Waals surface area contributed by atoms with Gasteiger partial charge in [-0.15, -0.1) is 0 Å². The molecule has 6 heteroatoms. The zero-order chi connectivity index (χ0) is 15.0. The minimum Gasteiger partial charge on any atom is -0.353 e. The Hall–Kier alpha value is -1.98. The van der Waals surface area contributed by atoms with E-state index in [0.717, 1.165) is 18.6 Å². The van der Waals surface area contributed by atoms with Gasteiger partial charge in [0.15, 0.2) is 11.6 Å². The van der Waals surface area contributed by atoms with Gasteiger partial charge in [-0.3, -0.25) is 9.59 Å². The van der Waals surface area contributed by atoms with E-state index in [-0.39, 0.29) is 29.3 Å². The van der Waals surface area contributed by atoms with Crippen LogP contribution in [0.4, 0.5) is 8.78 Å². The number of nitrogens with zero attached hydrogens (tertiary/aromatic N) is 1. The van der Waals surface area contributed by atoms with Crippen LogP contribution in [-0.2, 0) is 4.79 Å². The van der Waals surface area contributed by atoms with E-state index in [9.17, 15) is 18.4 Å². The lowest BCUT2D eigenvalue weighted by Crippen LogP contribution is -2.55. The summed E-state index contributed by atoms with van der Waals surface area (Å²) >= 11 is 0.